The smallest absolute Gasteiger partial charge is 0.294 e. The molecule has 2 bridgehead atoms. The van der Waals surface area contributed by atoms with Gasteiger partial charge in [-0.3, -0.25) is 4.55 Å². The van der Waals surface area contributed by atoms with E-state index in [0.29, 0.717) is 16.3 Å². The summed E-state index contributed by atoms with van der Waals surface area (Å²) in [7, 11) is -4.35. The van der Waals surface area contributed by atoms with E-state index in [4.69, 9.17) is 0 Å². The topological polar surface area (TPSA) is 99.3 Å². The number of phenolic OH excluding ortho intramolecular Hbond substituents is 1. The third-order valence-electron chi connectivity index (χ3n) is 5.02. The summed E-state index contributed by atoms with van der Waals surface area (Å²) in [5, 5.41) is 20.0. The highest BCUT2D eigenvalue weighted by Gasteiger charge is 2.15. The lowest BCUT2D eigenvalue weighted by atomic mass is 9.97. The van der Waals surface area contributed by atoms with Crippen molar-refractivity contribution in [2.45, 2.75) is 4.90 Å². The highest BCUT2D eigenvalue weighted by atomic mass is 32.2. The molecule has 6 nitrogen and oxygen atoms in total. The molecule has 1 heterocycles. The minimum absolute atomic E-state index is 0.0440. The number of fused-ring (bicyclic) bond motifs is 3. The molecule has 29 heavy (non-hydrogen) atoms. The van der Waals surface area contributed by atoms with Crippen LogP contribution in [-0.4, -0.2) is 18.1 Å². The summed E-state index contributed by atoms with van der Waals surface area (Å²) in [6.45, 7) is 0. The fourth-order valence-electron chi connectivity index (χ4n) is 3.53. The van der Waals surface area contributed by atoms with Crippen molar-refractivity contribution < 1.29 is 18.1 Å². The second-order valence-electron chi connectivity index (χ2n) is 6.80. The molecule has 0 aliphatic carbocycles. The number of rotatable bonds is 3. The molecule has 2 N–H and O–H groups in total. The van der Waals surface area contributed by atoms with E-state index in [1.807, 2.05) is 42.5 Å². The van der Waals surface area contributed by atoms with Gasteiger partial charge in [0.2, 0.25) is 0 Å². The third-order valence-corrected chi connectivity index (χ3v) is 5.87. The second kappa shape index (κ2) is 6.23. The largest absolute Gasteiger partial charge is 0.507 e. The monoisotopic (exact) mass is 402 g/mol. The Morgan fingerprint density at radius 1 is 0.724 bits per heavy atom. The number of phenols is 1. The van der Waals surface area contributed by atoms with Gasteiger partial charge >= 0.3 is 0 Å². The maximum atomic E-state index is 11.4. The van der Waals surface area contributed by atoms with Gasteiger partial charge in [-0.1, -0.05) is 42.5 Å². The second-order valence-corrected chi connectivity index (χ2v) is 8.22. The quantitative estimate of drug-likeness (QED) is 0.369. The highest BCUT2D eigenvalue weighted by molar-refractivity contribution is 7.85. The fraction of sp³-hybridized carbons (Fsp3) is 0. The van der Waals surface area contributed by atoms with E-state index in [-0.39, 0.29) is 10.6 Å². The van der Waals surface area contributed by atoms with Gasteiger partial charge in [0.05, 0.1) is 16.3 Å². The summed E-state index contributed by atoms with van der Waals surface area (Å²) >= 11 is 0. The van der Waals surface area contributed by atoms with Crippen LogP contribution in [0.15, 0.2) is 87.9 Å². The van der Waals surface area contributed by atoms with Crippen LogP contribution in [0.5, 0.6) is 5.75 Å². The van der Waals surface area contributed by atoms with Crippen molar-refractivity contribution in [2.24, 2.45) is 10.2 Å². The van der Waals surface area contributed by atoms with Crippen molar-refractivity contribution in [1.29, 1.82) is 0 Å². The molecule has 0 spiro atoms. The Balaban J connectivity index is 1.59. The van der Waals surface area contributed by atoms with Crippen molar-refractivity contribution >= 4 is 32.3 Å². The van der Waals surface area contributed by atoms with E-state index in [0.717, 1.165) is 28.1 Å². The average molecular weight is 402 g/mol. The zero-order valence-electron chi connectivity index (χ0n) is 14.9. The van der Waals surface area contributed by atoms with Crippen molar-refractivity contribution in [2.75, 3.05) is 0 Å². The molecule has 1 aliphatic rings. The summed E-state index contributed by atoms with van der Waals surface area (Å²) in [4.78, 5) is -0.261. The molecule has 5 rings (SSSR count). The van der Waals surface area contributed by atoms with Crippen LogP contribution in [0, 0.1) is 0 Å². The standard InChI is InChI=1S/C22H14N2O4S/c25-22-19(9-6-15-5-8-17(12-20(15)22)29(26,27)28)14-3-1-13(2-4-14)18-10-7-16-11-21(18)24-23-16/h1-12,25H,(H,26,27,28). The Morgan fingerprint density at radius 3 is 2.10 bits per heavy atom. The van der Waals surface area contributed by atoms with E-state index in [1.165, 1.54) is 12.1 Å². The molecule has 0 amide bonds. The first-order valence-corrected chi connectivity index (χ1v) is 10.2. The lowest BCUT2D eigenvalue weighted by Gasteiger charge is -2.10. The summed E-state index contributed by atoms with van der Waals surface area (Å²) in [6, 6.07) is 21.1. The number of azo groups is 1. The van der Waals surface area contributed by atoms with Gasteiger partial charge in [-0.25, -0.2) is 0 Å². The van der Waals surface area contributed by atoms with Gasteiger partial charge in [0.25, 0.3) is 10.1 Å². The first-order chi connectivity index (χ1) is 13.9. The summed E-state index contributed by atoms with van der Waals surface area (Å²) in [5.41, 5.74) is 4.95. The summed E-state index contributed by atoms with van der Waals surface area (Å²) < 4.78 is 32.1. The molecule has 0 aromatic heterocycles. The molecule has 0 unspecified atom stereocenters. The minimum atomic E-state index is -4.35. The molecule has 4 aromatic carbocycles. The fourth-order valence-corrected chi connectivity index (χ4v) is 4.03. The molecule has 0 fully saturated rings. The Kier molecular flexibility index (Phi) is 3.77. The van der Waals surface area contributed by atoms with Crippen LogP contribution >= 0.6 is 0 Å². The number of benzene rings is 4. The van der Waals surface area contributed by atoms with Crippen LogP contribution in [0.1, 0.15) is 0 Å². The predicted molar refractivity (Wildman–Crippen MR) is 110 cm³/mol. The number of aromatic hydroxyl groups is 1. The lowest BCUT2D eigenvalue weighted by molar-refractivity contribution is 0.482. The number of nitrogens with zero attached hydrogens (tertiary/aromatic N) is 2. The molecule has 0 saturated heterocycles. The molecule has 0 radical (unpaired) electrons. The van der Waals surface area contributed by atoms with Gasteiger partial charge < -0.3 is 5.11 Å². The minimum Gasteiger partial charge on any atom is -0.507 e. The van der Waals surface area contributed by atoms with Gasteiger partial charge in [-0.05, 0) is 46.8 Å². The van der Waals surface area contributed by atoms with Gasteiger partial charge in [0.15, 0.2) is 0 Å². The van der Waals surface area contributed by atoms with Gasteiger partial charge in [0.1, 0.15) is 5.75 Å². The molecular formula is C22H14N2O4S. The molecule has 142 valence electrons. The SMILES string of the molecule is O=S(=O)(O)c1ccc2ccc(-c3ccc(-c4ccc5cc4N=N5)cc3)c(O)c2c1. The van der Waals surface area contributed by atoms with Crippen LogP contribution in [0.3, 0.4) is 0 Å². The Bertz CT molecular complexity index is 1430. The molecule has 0 saturated carbocycles. The molecule has 4 aromatic rings. The Morgan fingerprint density at radius 2 is 1.38 bits per heavy atom. The Hall–Kier alpha value is -3.55. The van der Waals surface area contributed by atoms with Gasteiger partial charge in [0, 0.05) is 16.5 Å². The van der Waals surface area contributed by atoms with E-state index < -0.39 is 10.1 Å². The maximum absolute atomic E-state index is 11.4. The normalized spacial score (nSPS) is 12.6. The Labute approximate surface area is 166 Å². The van der Waals surface area contributed by atoms with Crippen molar-refractivity contribution in [1.82, 2.24) is 0 Å². The summed E-state index contributed by atoms with van der Waals surface area (Å²) in [5.74, 6) is -0.0440. The van der Waals surface area contributed by atoms with Crippen LogP contribution < -0.4 is 0 Å². The van der Waals surface area contributed by atoms with Crippen molar-refractivity contribution in [3.8, 4) is 28.0 Å². The molecular weight excluding hydrogens is 388 g/mol. The van der Waals surface area contributed by atoms with E-state index in [9.17, 15) is 18.1 Å². The van der Waals surface area contributed by atoms with E-state index in [2.05, 4.69) is 10.2 Å². The van der Waals surface area contributed by atoms with Gasteiger partial charge in [-0.15, -0.1) is 5.11 Å². The van der Waals surface area contributed by atoms with E-state index in [1.54, 1.807) is 18.2 Å². The lowest BCUT2D eigenvalue weighted by Crippen LogP contribution is -1.97. The average Bonchev–Trinajstić information content (AvgIpc) is 3.08. The highest BCUT2D eigenvalue weighted by Crippen LogP contribution is 2.41. The van der Waals surface area contributed by atoms with Crippen molar-refractivity contribution in [3.05, 3.63) is 72.8 Å². The maximum Gasteiger partial charge on any atom is 0.294 e. The van der Waals surface area contributed by atoms with Crippen LogP contribution in [0.2, 0.25) is 0 Å². The molecule has 0 atom stereocenters. The van der Waals surface area contributed by atoms with Gasteiger partial charge in [-0.2, -0.15) is 13.5 Å². The first-order valence-electron chi connectivity index (χ1n) is 8.80. The summed E-state index contributed by atoms with van der Waals surface area (Å²) in [6.07, 6.45) is 0. The number of hydrogen-bond acceptors (Lipinski definition) is 5. The zero-order valence-corrected chi connectivity index (χ0v) is 15.8. The van der Waals surface area contributed by atoms with Crippen LogP contribution in [0.25, 0.3) is 33.0 Å². The first kappa shape index (κ1) is 17.5. The predicted octanol–water partition coefficient (Wildman–Crippen LogP) is 5.85. The van der Waals surface area contributed by atoms with Crippen molar-refractivity contribution in [3.63, 3.8) is 0 Å². The molecule has 1 aliphatic heterocycles. The third kappa shape index (κ3) is 2.97. The van der Waals surface area contributed by atoms with Crippen LogP contribution in [-0.2, 0) is 10.1 Å². The number of hydrogen-bond donors (Lipinski definition) is 2. The zero-order chi connectivity index (χ0) is 20.2. The van der Waals surface area contributed by atoms with E-state index >= 15 is 0 Å². The van der Waals surface area contributed by atoms with Crippen LogP contribution in [0.4, 0.5) is 11.4 Å². The molecule has 7 heteroatoms.